The van der Waals surface area contributed by atoms with Gasteiger partial charge in [-0.15, -0.1) is 0 Å². The molecule has 0 radical (unpaired) electrons. The van der Waals surface area contributed by atoms with Gasteiger partial charge in [0.05, 0.1) is 17.3 Å². The third-order valence-electron chi connectivity index (χ3n) is 5.12. The van der Waals surface area contributed by atoms with Gasteiger partial charge in [0, 0.05) is 20.2 Å². The Morgan fingerprint density at radius 3 is 2.64 bits per heavy atom. The Bertz CT molecular complexity index is 518. The first-order valence-corrected chi connectivity index (χ1v) is 9.56. The summed E-state index contributed by atoms with van der Waals surface area (Å²) in [6, 6.07) is 0. The van der Waals surface area contributed by atoms with E-state index in [0.717, 1.165) is 12.8 Å². The molecule has 0 bridgehead atoms. The topological polar surface area (TPSA) is 83.9 Å². The van der Waals surface area contributed by atoms with Crippen molar-refractivity contribution in [2.75, 3.05) is 26.0 Å². The van der Waals surface area contributed by atoms with Crippen molar-refractivity contribution in [1.82, 2.24) is 4.31 Å². The summed E-state index contributed by atoms with van der Waals surface area (Å²) >= 11 is 0. The van der Waals surface area contributed by atoms with Crippen molar-refractivity contribution >= 4 is 16.0 Å². The minimum atomic E-state index is -3.49. The standard InChI is InChI=1S/C15H27NO5S/c1-11(2)7-13(21-3)9-22(19,20)16-8-12-5-4-6-15(12,10-16)14(17)18/h11-13H,4-10H2,1-3H3,(H,17,18)/t12-,13?,15+/m0/s1. The van der Waals surface area contributed by atoms with Gasteiger partial charge < -0.3 is 9.84 Å². The lowest BCUT2D eigenvalue weighted by molar-refractivity contribution is -0.149. The van der Waals surface area contributed by atoms with E-state index in [2.05, 4.69) is 0 Å². The van der Waals surface area contributed by atoms with Crippen LogP contribution in [0, 0.1) is 17.3 Å². The first-order chi connectivity index (χ1) is 10.2. The van der Waals surface area contributed by atoms with Gasteiger partial charge in [0.1, 0.15) is 0 Å². The van der Waals surface area contributed by atoms with Gasteiger partial charge in [-0.25, -0.2) is 12.7 Å². The highest BCUT2D eigenvalue weighted by atomic mass is 32.2. The van der Waals surface area contributed by atoms with Crippen LogP contribution in [-0.2, 0) is 19.6 Å². The number of rotatable bonds is 7. The molecule has 7 heteroatoms. The molecule has 1 heterocycles. The highest BCUT2D eigenvalue weighted by Gasteiger charge is 2.57. The minimum Gasteiger partial charge on any atom is -0.481 e. The van der Waals surface area contributed by atoms with Crippen molar-refractivity contribution in [3.05, 3.63) is 0 Å². The summed E-state index contributed by atoms with van der Waals surface area (Å²) in [6.45, 7) is 4.51. The Morgan fingerprint density at radius 1 is 1.45 bits per heavy atom. The molecule has 0 aromatic rings. The summed E-state index contributed by atoms with van der Waals surface area (Å²) in [4.78, 5) is 11.7. The van der Waals surface area contributed by atoms with Crippen molar-refractivity contribution in [2.24, 2.45) is 17.3 Å². The number of carbonyl (C=O) groups is 1. The van der Waals surface area contributed by atoms with Crippen LogP contribution < -0.4 is 0 Å². The van der Waals surface area contributed by atoms with Gasteiger partial charge >= 0.3 is 5.97 Å². The van der Waals surface area contributed by atoms with E-state index in [9.17, 15) is 18.3 Å². The van der Waals surface area contributed by atoms with Crippen LogP contribution in [0.4, 0.5) is 0 Å². The van der Waals surface area contributed by atoms with E-state index in [1.54, 1.807) is 0 Å². The average Bonchev–Trinajstić information content (AvgIpc) is 2.94. The summed E-state index contributed by atoms with van der Waals surface area (Å²) in [7, 11) is -1.96. The van der Waals surface area contributed by atoms with Crippen LogP contribution in [0.25, 0.3) is 0 Å². The Kier molecular flexibility index (Phi) is 5.19. The molecule has 1 saturated carbocycles. The molecule has 128 valence electrons. The Labute approximate surface area is 132 Å². The third kappa shape index (κ3) is 3.31. The first kappa shape index (κ1) is 17.7. The van der Waals surface area contributed by atoms with Crippen molar-refractivity contribution < 1.29 is 23.1 Å². The predicted octanol–water partition coefficient (Wildman–Crippen LogP) is 1.56. The van der Waals surface area contributed by atoms with Gasteiger partial charge in [-0.1, -0.05) is 20.3 Å². The maximum Gasteiger partial charge on any atom is 0.311 e. The predicted molar refractivity (Wildman–Crippen MR) is 83.0 cm³/mol. The van der Waals surface area contributed by atoms with Crippen LogP contribution in [0.3, 0.4) is 0 Å². The maximum absolute atomic E-state index is 12.6. The molecular weight excluding hydrogens is 306 g/mol. The fraction of sp³-hybridized carbons (Fsp3) is 0.933. The number of fused-ring (bicyclic) bond motifs is 1. The summed E-state index contributed by atoms with van der Waals surface area (Å²) in [5.41, 5.74) is -0.867. The molecule has 1 unspecified atom stereocenters. The number of aliphatic carboxylic acids is 1. The normalized spacial score (nSPS) is 30.6. The van der Waals surface area contributed by atoms with Crippen molar-refractivity contribution in [3.8, 4) is 0 Å². The average molecular weight is 333 g/mol. The van der Waals surface area contributed by atoms with E-state index >= 15 is 0 Å². The molecular formula is C15H27NO5S. The van der Waals surface area contributed by atoms with Crippen molar-refractivity contribution in [1.29, 1.82) is 0 Å². The molecule has 3 atom stereocenters. The Balaban J connectivity index is 2.10. The van der Waals surface area contributed by atoms with Crippen molar-refractivity contribution in [3.63, 3.8) is 0 Å². The van der Waals surface area contributed by atoms with Crippen molar-refractivity contribution in [2.45, 2.75) is 45.6 Å². The molecule has 0 amide bonds. The van der Waals surface area contributed by atoms with E-state index < -0.39 is 21.4 Å². The lowest BCUT2D eigenvalue weighted by Crippen LogP contribution is -2.40. The monoisotopic (exact) mass is 333 g/mol. The number of carboxylic acids is 1. The molecule has 1 aliphatic carbocycles. The van der Waals surface area contributed by atoms with Crippen LogP contribution in [0.1, 0.15) is 39.5 Å². The molecule has 1 aliphatic heterocycles. The zero-order valence-corrected chi connectivity index (χ0v) is 14.4. The summed E-state index contributed by atoms with van der Waals surface area (Å²) in [5, 5.41) is 9.56. The van der Waals surface area contributed by atoms with Gasteiger partial charge in [0.25, 0.3) is 0 Å². The smallest absolute Gasteiger partial charge is 0.311 e. The molecule has 2 aliphatic rings. The van der Waals surface area contributed by atoms with E-state index in [1.165, 1.54) is 11.4 Å². The van der Waals surface area contributed by atoms with Crippen LogP contribution in [0.2, 0.25) is 0 Å². The summed E-state index contributed by atoms with van der Waals surface area (Å²) in [5.74, 6) is -0.614. The molecule has 2 fully saturated rings. The second-order valence-electron chi connectivity index (χ2n) is 7.11. The number of ether oxygens (including phenoxy) is 1. The fourth-order valence-corrected chi connectivity index (χ4v) is 5.69. The Morgan fingerprint density at radius 2 is 2.14 bits per heavy atom. The number of hydrogen-bond acceptors (Lipinski definition) is 4. The van der Waals surface area contributed by atoms with Gasteiger partial charge in [-0.3, -0.25) is 4.79 Å². The zero-order chi connectivity index (χ0) is 16.5. The van der Waals surface area contributed by atoms with Gasteiger partial charge in [-0.05, 0) is 31.1 Å². The summed E-state index contributed by atoms with van der Waals surface area (Å²) in [6.07, 6.45) is 2.60. The summed E-state index contributed by atoms with van der Waals surface area (Å²) < 4.78 is 32.0. The van der Waals surface area contributed by atoms with Crippen LogP contribution in [-0.4, -0.2) is 55.9 Å². The van der Waals surface area contributed by atoms with Crippen LogP contribution in [0.5, 0.6) is 0 Å². The zero-order valence-electron chi connectivity index (χ0n) is 13.6. The Hall–Kier alpha value is -0.660. The van der Waals surface area contributed by atoms with Gasteiger partial charge in [0.15, 0.2) is 0 Å². The number of carboxylic acid groups (broad SMARTS) is 1. The van der Waals surface area contributed by atoms with Crippen LogP contribution in [0.15, 0.2) is 0 Å². The number of hydrogen-bond donors (Lipinski definition) is 1. The fourth-order valence-electron chi connectivity index (χ4n) is 3.90. The molecule has 22 heavy (non-hydrogen) atoms. The molecule has 1 saturated heterocycles. The van der Waals surface area contributed by atoms with Gasteiger partial charge in [0.2, 0.25) is 10.0 Å². The highest BCUT2D eigenvalue weighted by molar-refractivity contribution is 7.89. The first-order valence-electron chi connectivity index (χ1n) is 7.95. The van der Waals surface area contributed by atoms with Gasteiger partial charge in [-0.2, -0.15) is 0 Å². The minimum absolute atomic E-state index is 0.0501. The number of nitrogens with zero attached hydrogens (tertiary/aromatic N) is 1. The lowest BCUT2D eigenvalue weighted by Gasteiger charge is -2.24. The quantitative estimate of drug-likeness (QED) is 0.764. The van der Waals surface area contributed by atoms with E-state index in [0.29, 0.717) is 25.3 Å². The van der Waals surface area contributed by atoms with E-state index in [1.807, 2.05) is 13.8 Å². The molecule has 0 spiro atoms. The molecule has 6 nitrogen and oxygen atoms in total. The van der Waals surface area contributed by atoms with E-state index in [-0.39, 0.29) is 24.3 Å². The molecule has 0 aromatic carbocycles. The van der Waals surface area contributed by atoms with Crippen LogP contribution >= 0.6 is 0 Å². The second kappa shape index (κ2) is 6.45. The molecule has 2 rings (SSSR count). The molecule has 1 N–H and O–H groups in total. The van der Waals surface area contributed by atoms with E-state index in [4.69, 9.17) is 4.74 Å². The highest BCUT2D eigenvalue weighted by Crippen LogP contribution is 2.49. The lowest BCUT2D eigenvalue weighted by atomic mass is 9.81. The number of methoxy groups -OCH3 is 1. The number of sulfonamides is 1. The second-order valence-corrected chi connectivity index (χ2v) is 9.12. The third-order valence-corrected chi connectivity index (χ3v) is 6.98. The molecule has 0 aromatic heterocycles. The maximum atomic E-state index is 12.6. The largest absolute Gasteiger partial charge is 0.481 e. The SMILES string of the molecule is COC(CC(C)C)CS(=O)(=O)N1C[C@@H]2CCC[C@@]2(C(=O)O)C1.